The molecule has 1 atom stereocenters. The highest BCUT2D eigenvalue weighted by Crippen LogP contribution is 2.33. The third-order valence-electron chi connectivity index (χ3n) is 7.95. The van der Waals surface area contributed by atoms with E-state index in [-0.39, 0.29) is 35.2 Å². The summed E-state index contributed by atoms with van der Waals surface area (Å²) in [5.41, 5.74) is 1.91. The molecule has 0 fully saturated rings. The summed E-state index contributed by atoms with van der Waals surface area (Å²) in [5, 5.41) is 3.00. The molecule has 0 heterocycles. The Balaban J connectivity index is 1.81. The summed E-state index contributed by atoms with van der Waals surface area (Å²) >= 11 is 0. The number of hydrogen-bond acceptors (Lipinski definition) is 7. The zero-order valence-electron chi connectivity index (χ0n) is 28.5. The van der Waals surface area contributed by atoms with Crippen molar-refractivity contribution in [1.82, 2.24) is 10.2 Å². The van der Waals surface area contributed by atoms with Gasteiger partial charge in [0.25, 0.3) is 10.0 Å². The highest BCUT2D eigenvalue weighted by atomic mass is 32.2. The normalized spacial score (nSPS) is 11.7. The average molecular weight is 688 g/mol. The number of benzene rings is 4. The molecule has 0 bridgehead atoms. The second kappa shape index (κ2) is 17.9. The van der Waals surface area contributed by atoms with Gasteiger partial charge in [-0.2, -0.15) is 0 Å². The molecule has 0 unspecified atom stereocenters. The van der Waals surface area contributed by atoms with E-state index in [0.29, 0.717) is 24.7 Å². The van der Waals surface area contributed by atoms with Crippen LogP contribution in [0.1, 0.15) is 37.8 Å². The molecule has 49 heavy (non-hydrogen) atoms. The monoisotopic (exact) mass is 687 g/mol. The first kappa shape index (κ1) is 36.8. The summed E-state index contributed by atoms with van der Waals surface area (Å²) < 4.78 is 46.3. The van der Waals surface area contributed by atoms with Gasteiger partial charge in [-0.05, 0) is 60.9 Å². The van der Waals surface area contributed by atoms with Crippen LogP contribution in [0.4, 0.5) is 5.69 Å². The highest BCUT2D eigenvalue weighted by molar-refractivity contribution is 7.92. The zero-order chi connectivity index (χ0) is 35.2. The number of sulfonamides is 1. The number of carbonyl (C=O) groups is 2. The fourth-order valence-electron chi connectivity index (χ4n) is 5.35. The number of nitrogens with zero attached hydrogens (tertiary/aromatic N) is 2. The smallest absolute Gasteiger partial charge is 0.264 e. The van der Waals surface area contributed by atoms with Gasteiger partial charge in [-0.15, -0.1) is 0 Å². The van der Waals surface area contributed by atoms with E-state index in [2.05, 4.69) is 5.32 Å². The Morgan fingerprint density at radius 3 is 2.02 bits per heavy atom. The van der Waals surface area contributed by atoms with Crippen molar-refractivity contribution in [1.29, 1.82) is 0 Å². The summed E-state index contributed by atoms with van der Waals surface area (Å²) in [6.07, 6.45) is 1.91. The van der Waals surface area contributed by atoms with Crippen LogP contribution in [0.25, 0.3) is 0 Å². The largest absolute Gasteiger partial charge is 0.494 e. The van der Waals surface area contributed by atoms with Gasteiger partial charge in [-0.25, -0.2) is 8.42 Å². The fraction of sp³-hybridized carbons (Fsp3) is 0.316. The lowest BCUT2D eigenvalue weighted by Crippen LogP contribution is -2.53. The molecule has 0 spiro atoms. The first-order chi connectivity index (χ1) is 23.7. The van der Waals surface area contributed by atoms with E-state index < -0.39 is 28.5 Å². The SMILES string of the molecule is CCCCNC(=O)[C@@H](Cc1ccccc1)N(Cc1ccccc1)C(=O)CN(c1ccc(OCC)cc1)S(=O)(=O)c1ccc(OC)c(OC)c1. The van der Waals surface area contributed by atoms with Crippen molar-refractivity contribution in [2.75, 3.05) is 38.2 Å². The Bertz CT molecular complexity index is 1750. The lowest BCUT2D eigenvalue weighted by molar-refractivity contribution is -0.140. The first-order valence-electron chi connectivity index (χ1n) is 16.3. The fourth-order valence-corrected chi connectivity index (χ4v) is 6.78. The van der Waals surface area contributed by atoms with Crippen LogP contribution in [-0.4, -0.2) is 65.1 Å². The van der Waals surface area contributed by atoms with Crippen molar-refractivity contribution in [3.8, 4) is 17.2 Å². The van der Waals surface area contributed by atoms with E-state index in [9.17, 15) is 18.0 Å². The van der Waals surface area contributed by atoms with Crippen LogP contribution >= 0.6 is 0 Å². The third-order valence-corrected chi connectivity index (χ3v) is 9.72. The van der Waals surface area contributed by atoms with Crippen LogP contribution in [0.5, 0.6) is 17.2 Å². The van der Waals surface area contributed by atoms with Gasteiger partial charge in [0.2, 0.25) is 11.8 Å². The van der Waals surface area contributed by atoms with Crippen LogP contribution in [0, 0.1) is 0 Å². The minimum Gasteiger partial charge on any atom is -0.494 e. The topological polar surface area (TPSA) is 114 Å². The maximum Gasteiger partial charge on any atom is 0.264 e. The van der Waals surface area contributed by atoms with Crippen molar-refractivity contribution in [2.24, 2.45) is 0 Å². The summed E-state index contributed by atoms with van der Waals surface area (Å²) in [6.45, 7) is 4.29. The predicted octanol–water partition coefficient (Wildman–Crippen LogP) is 5.85. The lowest BCUT2D eigenvalue weighted by atomic mass is 10.0. The number of rotatable bonds is 18. The van der Waals surface area contributed by atoms with Gasteiger partial charge in [0.1, 0.15) is 18.3 Å². The quantitative estimate of drug-likeness (QED) is 0.131. The van der Waals surface area contributed by atoms with Crippen LogP contribution in [-0.2, 0) is 32.6 Å². The highest BCUT2D eigenvalue weighted by Gasteiger charge is 2.35. The number of carbonyl (C=O) groups excluding carboxylic acids is 2. The molecule has 0 aliphatic rings. The van der Waals surface area contributed by atoms with E-state index in [0.717, 1.165) is 28.3 Å². The Labute approximate surface area is 289 Å². The second-order valence-corrected chi connectivity index (χ2v) is 13.2. The minimum atomic E-state index is -4.35. The number of amides is 2. The van der Waals surface area contributed by atoms with Crippen LogP contribution in [0.2, 0.25) is 0 Å². The molecule has 0 aliphatic carbocycles. The van der Waals surface area contributed by atoms with Crippen molar-refractivity contribution in [2.45, 2.75) is 50.6 Å². The van der Waals surface area contributed by atoms with Crippen LogP contribution < -0.4 is 23.8 Å². The molecule has 4 aromatic carbocycles. The number of methoxy groups -OCH3 is 2. The number of anilines is 1. The standard InChI is InChI=1S/C38H45N3O7S/c1-5-7-24-39-38(43)34(25-29-14-10-8-11-15-29)40(27-30-16-12-9-13-17-30)37(42)28-41(31-18-20-32(21-19-31)48-6-2)49(44,45)33-22-23-35(46-3)36(26-33)47-4/h8-23,26,34H,5-7,24-25,27-28H2,1-4H3,(H,39,43)/t34-/m1/s1. The molecule has 4 aromatic rings. The van der Waals surface area contributed by atoms with Gasteiger partial charge in [0.15, 0.2) is 11.5 Å². The molecule has 0 aromatic heterocycles. The maximum atomic E-state index is 14.6. The van der Waals surface area contributed by atoms with Crippen LogP contribution in [0.15, 0.2) is 108 Å². The average Bonchev–Trinajstić information content (AvgIpc) is 3.13. The first-order valence-corrected chi connectivity index (χ1v) is 17.8. The van der Waals surface area contributed by atoms with Crippen molar-refractivity contribution < 1.29 is 32.2 Å². The summed E-state index contributed by atoms with van der Waals surface area (Å²) in [5.74, 6) is 0.277. The molecule has 11 heteroatoms. The summed E-state index contributed by atoms with van der Waals surface area (Å²) in [4.78, 5) is 29.9. The predicted molar refractivity (Wildman–Crippen MR) is 191 cm³/mol. The van der Waals surface area contributed by atoms with Crippen molar-refractivity contribution >= 4 is 27.5 Å². The molecule has 0 saturated heterocycles. The molecular weight excluding hydrogens is 642 g/mol. The third kappa shape index (κ3) is 9.76. The summed E-state index contributed by atoms with van der Waals surface area (Å²) in [7, 11) is -1.47. The van der Waals surface area contributed by atoms with Gasteiger partial charge < -0.3 is 24.4 Å². The Morgan fingerprint density at radius 2 is 1.43 bits per heavy atom. The molecule has 0 aliphatic heterocycles. The van der Waals surface area contributed by atoms with E-state index in [4.69, 9.17) is 14.2 Å². The van der Waals surface area contributed by atoms with Crippen molar-refractivity contribution in [3.63, 3.8) is 0 Å². The van der Waals surface area contributed by atoms with Gasteiger partial charge >= 0.3 is 0 Å². The van der Waals surface area contributed by atoms with Crippen molar-refractivity contribution in [3.05, 3.63) is 114 Å². The molecular formula is C38H45N3O7S. The number of nitrogens with one attached hydrogen (secondary N) is 1. The van der Waals surface area contributed by atoms with E-state index in [1.807, 2.05) is 74.5 Å². The summed E-state index contributed by atoms with van der Waals surface area (Å²) in [6, 6.07) is 28.7. The molecule has 10 nitrogen and oxygen atoms in total. The Hall–Kier alpha value is -5.03. The zero-order valence-corrected chi connectivity index (χ0v) is 29.3. The maximum absolute atomic E-state index is 14.6. The van der Waals surface area contributed by atoms with E-state index in [1.165, 1.54) is 37.3 Å². The van der Waals surface area contributed by atoms with Gasteiger partial charge in [0.05, 0.1) is 31.4 Å². The molecule has 0 saturated carbocycles. The molecule has 1 N–H and O–H groups in total. The lowest BCUT2D eigenvalue weighted by Gasteiger charge is -2.34. The van der Waals surface area contributed by atoms with Gasteiger partial charge in [-0.1, -0.05) is 74.0 Å². The number of hydrogen-bond donors (Lipinski definition) is 1. The molecule has 260 valence electrons. The molecule has 0 radical (unpaired) electrons. The van der Waals surface area contributed by atoms with E-state index >= 15 is 0 Å². The number of ether oxygens (including phenoxy) is 3. The Kier molecular flexibility index (Phi) is 13.5. The van der Waals surface area contributed by atoms with Gasteiger partial charge in [-0.3, -0.25) is 13.9 Å². The second-order valence-electron chi connectivity index (χ2n) is 11.3. The molecule has 2 amide bonds. The molecule has 4 rings (SSSR count). The van der Waals surface area contributed by atoms with Gasteiger partial charge in [0, 0.05) is 25.6 Å². The Morgan fingerprint density at radius 1 is 0.796 bits per heavy atom. The van der Waals surface area contributed by atoms with Crippen LogP contribution in [0.3, 0.4) is 0 Å². The van der Waals surface area contributed by atoms with E-state index in [1.54, 1.807) is 24.3 Å². The number of unbranched alkanes of at least 4 members (excludes halogenated alkanes) is 1. The minimum absolute atomic E-state index is 0.0892.